The first-order valence-corrected chi connectivity index (χ1v) is 17.5. The zero-order valence-electron chi connectivity index (χ0n) is 27.3. The Morgan fingerprint density at radius 3 is 1.72 bits per heavy atom. The van der Waals surface area contributed by atoms with Gasteiger partial charge in [-0.3, -0.25) is 0 Å². The summed E-state index contributed by atoms with van der Waals surface area (Å²) >= 11 is 0. The molecule has 1 atom stereocenters. The molecule has 11 rings (SSSR count). The number of hydrogen-bond acceptors (Lipinski definition) is 0. The van der Waals surface area contributed by atoms with Crippen molar-refractivity contribution in [3.63, 3.8) is 0 Å². The van der Waals surface area contributed by atoms with Crippen molar-refractivity contribution < 1.29 is 0 Å². The molecule has 0 saturated heterocycles. The standard InChI is InChI=1S/C49H31N/c1-2-13-33(14-3-1)47-41-19-9-8-18-40(41)43-30-35(22-26-42(43)47)34-21-25-37-36(29-34)15-10-20-44(37)50-45-27-23-31-11-4-6-16-38(31)48(45)49-39-17-7-5-12-32(39)24-28-46(49)50/h1-30,47H. The fourth-order valence-electron chi connectivity index (χ4n) is 8.84. The smallest absolute Gasteiger partial charge is 0.0548 e. The second-order valence-corrected chi connectivity index (χ2v) is 13.6. The van der Waals surface area contributed by atoms with Gasteiger partial charge >= 0.3 is 0 Å². The van der Waals surface area contributed by atoms with Crippen LogP contribution >= 0.6 is 0 Å². The summed E-state index contributed by atoms with van der Waals surface area (Å²) < 4.78 is 2.49. The highest BCUT2D eigenvalue weighted by molar-refractivity contribution is 6.28. The Labute approximate surface area is 290 Å². The first-order valence-electron chi connectivity index (χ1n) is 17.5. The average Bonchev–Trinajstić information content (AvgIpc) is 3.71. The summed E-state index contributed by atoms with van der Waals surface area (Å²) in [6, 6.07) is 67.4. The van der Waals surface area contributed by atoms with Crippen LogP contribution < -0.4 is 0 Å². The Morgan fingerprint density at radius 2 is 0.960 bits per heavy atom. The quantitative estimate of drug-likeness (QED) is 0.182. The van der Waals surface area contributed by atoms with Gasteiger partial charge in [0.25, 0.3) is 0 Å². The van der Waals surface area contributed by atoms with Gasteiger partial charge in [-0.25, -0.2) is 0 Å². The van der Waals surface area contributed by atoms with E-state index < -0.39 is 0 Å². The molecule has 0 amide bonds. The van der Waals surface area contributed by atoms with Gasteiger partial charge < -0.3 is 4.57 Å². The largest absolute Gasteiger partial charge is 0.309 e. The highest BCUT2D eigenvalue weighted by atomic mass is 15.0. The first kappa shape index (κ1) is 27.5. The van der Waals surface area contributed by atoms with Crippen LogP contribution in [0.5, 0.6) is 0 Å². The number of aromatic nitrogens is 1. The van der Waals surface area contributed by atoms with Gasteiger partial charge in [0.15, 0.2) is 0 Å². The second kappa shape index (κ2) is 10.5. The van der Waals surface area contributed by atoms with E-state index in [0.717, 1.165) is 0 Å². The van der Waals surface area contributed by atoms with Crippen molar-refractivity contribution in [2.24, 2.45) is 0 Å². The predicted molar refractivity (Wildman–Crippen MR) is 212 cm³/mol. The summed E-state index contributed by atoms with van der Waals surface area (Å²) in [5.41, 5.74) is 12.9. The topological polar surface area (TPSA) is 4.93 Å². The van der Waals surface area contributed by atoms with E-state index in [9.17, 15) is 0 Å². The Morgan fingerprint density at radius 1 is 0.360 bits per heavy atom. The molecule has 232 valence electrons. The SMILES string of the molecule is c1ccc(C2c3ccccc3-c3cc(-c4ccc5c(-n6c7ccc8ccccc8c7c7c8ccccc8ccc76)cccc5c4)ccc32)cc1. The van der Waals surface area contributed by atoms with Crippen molar-refractivity contribution in [1.82, 2.24) is 4.57 Å². The maximum absolute atomic E-state index is 2.49. The van der Waals surface area contributed by atoms with E-state index in [0.29, 0.717) is 0 Å². The fourth-order valence-corrected chi connectivity index (χ4v) is 8.84. The molecule has 1 aliphatic carbocycles. The third-order valence-corrected chi connectivity index (χ3v) is 11.0. The summed E-state index contributed by atoms with van der Waals surface area (Å²) in [6.45, 7) is 0. The molecule has 0 bridgehead atoms. The van der Waals surface area contributed by atoms with Crippen LogP contribution in [0.3, 0.4) is 0 Å². The van der Waals surface area contributed by atoms with E-state index in [4.69, 9.17) is 0 Å². The minimum Gasteiger partial charge on any atom is -0.309 e. The Bertz CT molecular complexity index is 2890. The van der Waals surface area contributed by atoms with Crippen molar-refractivity contribution in [2.45, 2.75) is 5.92 Å². The molecule has 1 nitrogen and oxygen atoms in total. The Kier molecular flexibility index (Phi) is 5.79. The summed E-state index contributed by atoms with van der Waals surface area (Å²) in [4.78, 5) is 0. The molecule has 0 spiro atoms. The van der Waals surface area contributed by atoms with Crippen LogP contribution in [0, 0.1) is 0 Å². The van der Waals surface area contributed by atoms with Crippen LogP contribution in [0.1, 0.15) is 22.6 Å². The molecular formula is C49H31N. The molecule has 1 aromatic heterocycles. The molecule has 1 unspecified atom stereocenters. The lowest BCUT2D eigenvalue weighted by atomic mass is 9.89. The van der Waals surface area contributed by atoms with E-state index in [-0.39, 0.29) is 5.92 Å². The van der Waals surface area contributed by atoms with Crippen LogP contribution in [0.15, 0.2) is 182 Å². The van der Waals surface area contributed by atoms with Gasteiger partial charge in [-0.1, -0.05) is 152 Å². The molecule has 0 N–H and O–H groups in total. The van der Waals surface area contributed by atoms with Crippen LogP contribution in [-0.2, 0) is 0 Å². The average molecular weight is 634 g/mol. The molecule has 1 heterocycles. The van der Waals surface area contributed by atoms with E-state index in [1.54, 1.807) is 0 Å². The van der Waals surface area contributed by atoms with Crippen LogP contribution in [-0.4, -0.2) is 4.57 Å². The highest BCUT2D eigenvalue weighted by Gasteiger charge is 2.30. The van der Waals surface area contributed by atoms with Gasteiger partial charge in [0.2, 0.25) is 0 Å². The van der Waals surface area contributed by atoms with Crippen molar-refractivity contribution in [3.05, 3.63) is 199 Å². The van der Waals surface area contributed by atoms with Gasteiger partial charge in [-0.15, -0.1) is 0 Å². The highest BCUT2D eigenvalue weighted by Crippen LogP contribution is 2.49. The number of nitrogens with zero attached hydrogens (tertiary/aromatic N) is 1. The van der Waals surface area contributed by atoms with Crippen molar-refractivity contribution >= 4 is 54.1 Å². The Hall–Kier alpha value is -6.44. The molecule has 9 aromatic carbocycles. The van der Waals surface area contributed by atoms with Gasteiger partial charge in [0.1, 0.15) is 0 Å². The zero-order valence-corrected chi connectivity index (χ0v) is 27.3. The number of hydrogen-bond donors (Lipinski definition) is 0. The molecule has 0 aliphatic heterocycles. The van der Waals surface area contributed by atoms with E-state index >= 15 is 0 Å². The van der Waals surface area contributed by atoms with Gasteiger partial charge in [-0.05, 0) is 96.2 Å². The zero-order chi connectivity index (χ0) is 32.8. The monoisotopic (exact) mass is 633 g/mol. The van der Waals surface area contributed by atoms with Crippen molar-refractivity contribution in [2.75, 3.05) is 0 Å². The molecule has 1 heteroatoms. The predicted octanol–water partition coefficient (Wildman–Crippen LogP) is 13.1. The van der Waals surface area contributed by atoms with Crippen molar-refractivity contribution in [1.29, 1.82) is 0 Å². The summed E-state index contributed by atoms with van der Waals surface area (Å²) in [5.74, 6) is 0.260. The third-order valence-electron chi connectivity index (χ3n) is 11.0. The van der Waals surface area contributed by atoms with E-state index in [2.05, 4.69) is 187 Å². The van der Waals surface area contributed by atoms with Gasteiger partial charge in [0, 0.05) is 22.1 Å². The lowest BCUT2D eigenvalue weighted by Gasteiger charge is -2.15. The molecular weight excluding hydrogens is 603 g/mol. The lowest BCUT2D eigenvalue weighted by Crippen LogP contribution is -1.98. The number of rotatable bonds is 3. The Balaban J connectivity index is 1.11. The summed E-state index contributed by atoms with van der Waals surface area (Å²) in [5, 5.41) is 10.2. The minimum atomic E-state index is 0.260. The number of fused-ring (bicyclic) bond motifs is 11. The summed E-state index contributed by atoms with van der Waals surface area (Å²) in [6.07, 6.45) is 0. The summed E-state index contributed by atoms with van der Waals surface area (Å²) in [7, 11) is 0. The number of benzene rings is 9. The van der Waals surface area contributed by atoms with Gasteiger partial charge in [-0.2, -0.15) is 0 Å². The van der Waals surface area contributed by atoms with Crippen LogP contribution in [0.2, 0.25) is 0 Å². The third kappa shape index (κ3) is 3.89. The minimum absolute atomic E-state index is 0.260. The fraction of sp³-hybridized carbons (Fsp3) is 0.0204. The molecule has 10 aromatic rings. The maximum Gasteiger partial charge on any atom is 0.0548 e. The molecule has 50 heavy (non-hydrogen) atoms. The second-order valence-electron chi connectivity index (χ2n) is 13.6. The molecule has 0 saturated carbocycles. The first-order chi connectivity index (χ1) is 24.8. The van der Waals surface area contributed by atoms with Crippen LogP contribution in [0.25, 0.3) is 82.1 Å². The maximum atomic E-state index is 2.49. The normalized spacial score (nSPS) is 13.8. The van der Waals surface area contributed by atoms with E-state index in [1.165, 1.54) is 98.8 Å². The van der Waals surface area contributed by atoms with Crippen LogP contribution in [0.4, 0.5) is 0 Å². The molecule has 1 aliphatic rings. The van der Waals surface area contributed by atoms with E-state index in [1.807, 2.05) is 0 Å². The van der Waals surface area contributed by atoms with Gasteiger partial charge in [0.05, 0.1) is 16.7 Å². The molecule has 0 fully saturated rings. The lowest BCUT2D eigenvalue weighted by molar-refractivity contribution is 1.02. The molecule has 0 radical (unpaired) electrons. The van der Waals surface area contributed by atoms with Crippen molar-refractivity contribution in [3.8, 4) is 27.9 Å².